The van der Waals surface area contributed by atoms with Crippen LogP contribution in [0.2, 0.25) is 0 Å². The van der Waals surface area contributed by atoms with Crippen LogP contribution in [0.3, 0.4) is 0 Å². The summed E-state index contributed by atoms with van der Waals surface area (Å²) in [5.74, 6) is -0.250. The van der Waals surface area contributed by atoms with Crippen molar-refractivity contribution in [3.05, 3.63) is 114 Å². The average Bonchev–Trinajstić information content (AvgIpc) is 2.81. The minimum atomic E-state index is -0.213. The minimum Gasteiger partial charge on any atom is -0.321 e. The van der Waals surface area contributed by atoms with E-state index in [9.17, 15) is 9.59 Å². The lowest BCUT2D eigenvalue weighted by Gasteiger charge is -2.21. The first-order valence-electron chi connectivity index (χ1n) is 10.2. The van der Waals surface area contributed by atoms with Crippen molar-refractivity contribution in [3.63, 3.8) is 0 Å². The van der Waals surface area contributed by atoms with E-state index < -0.39 is 0 Å². The van der Waals surface area contributed by atoms with Gasteiger partial charge >= 0.3 is 0 Å². The number of rotatable bonds is 5. The van der Waals surface area contributed by atoms with Gasteiger partial charge in [-0.05, 0) is 54.3 Å². The van der Waals surface area contributed by atoms with E-state index in [-0.39, 0.29) is 11.7 Å². The Labute approximate surface area is 182 Å². The van der Waals surface area contributed by atoms with Crippen LogP contribution in [0.1, 0.15) is 33.2 Å². The second-order valence-corrected chi connectivity index (χ2v) is 7.46. The highest BCUT2D eigenvalue weighted by atomic mass is 16.1. The van der Waals surface area contributed by atoms with Crippen LogP contribution in [0.15, 0.2) is 97.1 Å². The highest BCUT2D eigenvalue weighted by Crippen LogP contribution is 2.42. The Kier molecular flexibility index (Phi) is 5.76. The number of ketones is 1. The van der Waals surface area contributed by atoms with E-state index in [1.165, 1.54) is 0 Å². The second-order valence-electron chi connectivity index (χ2n) is 7.46. The smallest absolute Gasteiger partial charge is 0.255 e. The molecule has 0 radical (unpaired) electrons. The number of carbonyl (C=O) groups is 2. The number of carbonyl (C=O) groups excluding carboxylic acids is 2. The number of hydrogen-bond donors (Lipinski definition) is 1. The maximum atomic E-state index is 13.0. The molecule has 0 heterocycles. The molecule has 0 fully saturated rings. The third-order valence-corrected chi connectivity index (χ3v) is 5.38. The summed E-state index contributed by atoms with van der Waals surface area (Å²) in [5.41, 5.74) is 6.50. The fourth-order valence-electron chi connectivity index (χ4n) is 3.90. The Bertz CT molecular complexity index is 1230. The quantitative estimate of drug-likeness (QED) is 0.372. The van der Waals surface area contributed by atoms with Crippen LogP contribution < -0.4 is 5.32 Å². The number of amides is 1. The van der Waals surface area contributed by atoms with Gasteiger partial charge in [0.1, 0.15) is 0 Å². The molecule has 0 bridgehead atoms. The molecule has 0 aliphatic carbocycles. The molecule has 0 aliphatic heterocycles. The summed E-state index contributed by atoms with van der Waals surface area (Å²) < 4.78 is 0. The first kappa shape index (κ1) is 20.3. The Morgan fingerprint density at radius 1 is 0.677 bits per heavy atom. The van der Waals surface area contributed by atoms with Crippen molar-refractivity contribution in [3.8, 4) is 22.3 Å². The van der Waals surface area contributed by atoms with E-state index >= 15 is 0 Å². The van der Waals surface area contributed by atoms with Gasteiger partial charge in [-0.1, -0.05) is 78.9 Å². The monoisotopic (exact) mass is 405 g/mol. The lowest BCUT2D eigenvalue weighted by Crippen LogP contribution is -2.14. The van der Waals surface area contributed by atoms with Crippen molar-refractivity contribution in [1.82, 2.24) is 0 Å². The standard InChI is InChI=1S/C28H23NO2/c1-19-24(20(2)30)18-25(29-28(31)23-16-10-5-11-17-23)27(22-14-8-4-9-15-22)26(19)21-12-6-3-7-13-21/h3-18H,1-2H3,(H,29,31). The molecular formula is C28H23NO2. The molecule has 152 valence electrons. The Balaban J connectivity index is 2.00. The van der Waals surface area contributed by atoms with Gasteiger partial charge in [-0.2, -0.15) is 0 Å². The van der Waals surface area contributed by atoms with Crippen molar-refractivity contribution in [2.45, 2.75) is 13.8 Å². The zero-order chi connectivity index (χ0) is 21.8. The highest BCUT2D eigenvalue weighted by molar-refractivity contribution is 6.10. The van der Waals surface area contributed by atoms with E-state index in [4.69, 9.17) is 0 Å². The van der Waals surface area contributed by atoms with Gasteiger partial charge in [-0.15, -0.1) is 0 Å². The summed E-state index contributed by atoms with van der Waals surface area (Å²) in [7, 11) is 0. The lowest BCUT2D eigenvalue weighted by molar-refractivity contribution is 0.101. The van der Waals surface area contributed by atoms with E-state index in [1.807, 2.05) is 85.8 Å². The van der Waals surface area contributed by atoms with Gasteiger partial charge in [0, 0.05) is 16.7 Å². The van der Waals surface area contributed by atoms with Gasteiger partial charge in [-0.25, -0.2) is 0 Å². The van der Waals surface area contributed by atoms with Gasteiger partial charge in [-0.3, -0.25) is 9.59 Å². The van der Waals surface area contributed by atoms with Crippen molar-refractivity contribution in [1.29, 1.82) is 0 Å². The molecule has 0 spiro atoms. The summed E-state index contributed by atoms with van der Waals surface area (Å²) in [5, 5.41) is 3.07. The molecule has 0 saturated carbocycles. The maximum absolute atomic E-state index is 13.0. The lowest BCUT2D eigenvalue weighted by atomic mass is 9.86. The number of hydrogen-bond acceptors (Lipinski definition) is 2. The molecule has 0 aromatic heterocycles. The minimum absolute atomic E-state index is 0.0375. The summed E-state index contributed by atoms with van der Waals surface area (Å²) in [6, 6.07) is 30.8. The van der Waals surface area contributed by atoms with Crippen LogP contribution in [0.25, 0.3) is 22.3 Å². The van der Waals surface area contributed by atoms with E-state index in [0.29, 0.717) is 16.8 Å². The second kappa shape index (κ2) is 8.80. The predicted molar refractivity (Wildman–Crippen MR) is 126 cm³/mol. The van der Waals surface area contributed by atoms with E-state index in [1.54, 1.807) is 25.1 Å². The molecule has 0 atom stereocenters. The Hall–Kier alpha value is -3.98. The third-order valence-electron chi connectivity index (χ3n) is 5.38. The molecule has 1 amide bonds. The first-order chi connectivity index (χ1) is 15.1. The van der Waals surface area contributed by atoms with Gasteiger partial charge in [0.05, 0.1) is 5.69 Å². The molecule has 0 saturated heterocycles. The van der Waals surface area contributed by atoms with Crippen LogP contribution in [-0.2, 0) is 0 Å². The fourth-order valence-corrected chi connectivity index (χ4v) is 3.90. The Morgan fingerprint density at radius 2 is 1.16 bits per heavy atom. The van der Waals surface area contributed by atoms with Crippen LogP contribution in [0, 0.1) is 6.92 Å². The SMILES string of the molecule is CC(=O)c1cc(NC(=O)c2ccccc2)c(-c2ccccc2)c(-c2ccccc2)c1C. The summed E-state index contributed by atoms with van der Waals surface area (Å²) >= 11 is 0. The number of anilines is 1. The topological polar surface area (TPSA) is 46.2 Å². The van der Waals surface area contributed by atoms with Gasteiger partial charge in [0.25, 0.3) is 5.91 Å². The number of nitrogens with one attached hydrogen (secondary N) is 1. The molecule has 4 aromatic carbocycles. The molecular weight excluding hydrogens is 382 g/mol. The first-order valence-corrected chi connectivity index (χ1v) is 10.2. The normalized spacial score (nSPS) is 10.5. The number of Topliss-reactive ketones (excluding diaryl/α,β-unsaturated/α-hetero) is 1. The molecule has 3 heteroatoms. The molecule has 4 aromatic rings. The third kappa shape index (κ3) is 4.17. The van der Waals surface area contributed by atoms with Crippen LogP contribution >= 0.6 is 0 Å². The average molecular weight is 405 g/mol. The largest absolute Gasteiger partial charge is 0.321 e. The molecule has 0 aliphatic rings. The van der Waals surface area contributed by atoms with Crippen molar-refractivity contribution in [2.75, 3.05) is 5.32 Å². The maximum Gasteiger partial charge on any atom is 0.255 e. The van der Waals surface area contributed by atoms with Crippen LogP contribution in [-0.4, -0.2) is 11.7 Å². The van der Waals surface area contributed by atoms with Gasteiger partial charge in [0.15, 0.2) is 5.78 Å². The predicted octanol–water partition coefficient (Wildman–Crippen LogP) is 6.78. The Morgan fingerprint density at radius 3 is 1.68 bits per heavy atom. The van der Waals surface area contributed by atoms with Crippen molar-refractivity contribution >= 4 is 17.4 Å². The van der Waals surface area contributed by atoms with E-state index in [0.717, 1.165) is 27.8 Å². The summed E-state index contributed by atoms with van der Waals surface area (Å²) in [6.45, 7) is 3.52. The van der Waals surface area contributed by atoms with E-state index in [2.05, 4.69) is 5.32 Å². The van der Waals surface area contributed by atoms with Crippen LogP contribution in [0.5, 0.6) is 0 Å². The summed E-state index contributed by atoms with van der Waals surface area (Å²) in [6.07, 6.45) is 0. The molecule has 3 nitrogen and oxygen atoms in total. The fraction of sp³-hybridized carbons (Fsp3) is 0.0714. The van der Waals surface area contributed by atoms with Gasteiger partial charge in [0.2, 0.25) is 0 Å². The molecule has 0 unspecified atom stereocenters. The zero-order valence-corrected chi connectivity index (χ0v) is 17.6. The van der Waals surface area contributed by atoms with Crippen molar-refractivity contribution < 1.29 is 9.59 Å². The highest BCUT2D eigenvalue weighted by Gasteiger charge is 2.21. The number of benzene rings is 4. The van der Waals surface area contributed by atoms with Crippen LogP contribution in [0.4, 0.5) is 5.69 Å². The zero-order valence-electron chi connectivity index (χ0n) is 17.6. The molecule has 4 rings (SSSR count). The molecule has 1 N–H and O–H groups in total. The van der Waals surface area contributed by atoms with Crippen molar-refractivity contribution in [2.24, 2.45) is 0 Å². The summed E-state index contributed by atoms with van der Waals surface area (Å²) in [4.78, 5) is 25.5. The molecule has 31 heavy (non-hydrogen) atoms. The van der Waals surface area contributed by atoms with Gasteiger partial charge < -0.3 is 5.32 Å².